The van der Waals surface area contributed by atoms with Gasteiger partial charge in [0.1, 0.15) is 11.4 Å². The maximum absolute atomic E-state index is 11.6. The number of carbonyl (C=O) groups excluding carboxylic acids is 1. The fraction of sp³-hybridized carbons (Fsp3) is 0.471. The van der Waals surface area contributed by atoms with Crippen LogP contribution in [0.3, 0.4) is 0 Å². The van der Waals surface area contributed by atoms with E-state index in [-0.39, 0.29) is 22.9 Å². The largest absolute Gasteiger partial charge is 0.503 e. The quantitative estimate of drug-likeness (QED) is 0.639. The number of aryl methyl sites for hydroxylation is 1. The Kier molecular flexibility index (Phi) is 6.04. The number of carbonyl (C=O) groups is 1. The van der Waals surface area contributed by atoms with E-state index in [0.717, 1.165) is 5.01 Å². The number of thiazole rings is 1. The molecule has 0 aliphatic carbocycles. The Morgan fingerprint density at radius 3 is 2.50 bits per heavy atom. The van der Waals surface area contributed by atoms with Crippen molar-refractivity contribution in [1.82, 2.24) is 9.97 Å². The van der Waals surface area contributed by atoms with Gasteiger partial charge < -0.3 is 25.4 Å². The van der Waals surface area contributed by atoms with Gasteiger partial charge in [-0.15, -0.1) is 11.3 Å². The Morgan fingerprint density at radius 2 is 1.96 bits per heavy atom. The van der Waals surface area contributed by atoms with Crippen molar-refractivity contribution in [3.8, 4) is 28.6 Å². The number of rotatable bonds is 8. The predicted molar refractivity (Wildman–Crippen MR) is 97.9 cm³/mol. The number of aromatic hydroxyl groups is 1. The summed E-state index contributed by atoms with van der Waals surface area (Å²) in [7, 11) is 2.74. The number of hydrogen-bond acceptors (Lipinski definition) is 8. The van der Waals surface area contributed by atoms with Crippen LogP contribution in [0.25, 0.3) is 11.4 Å². The summed E-state index contributed by atoms with van der Waals surface area (Å²) in [6, 6.07) is 0. The number of amides is 1. The number of aromatic nitrogens is 2. The first-order valence-electron chi connectivity index (χ1n) is 8.06. The van der Waals surface area contributed by atoms with Crippen LogP contribution in [0.2, 0.25) is 0 Å². The van der Waals surface area contributed by atoms with E-state index in [1.165, 1.54) is 25.6 Å². The van der Waals surface area contributed by atoms with Crippen LogP contribution in [-0.4, -0.2) is 45.9 Å². The molecule has 2 aromatic rings. The van der Waals surface area contributed by atoms with Crippen LogP contribution in [0.4, 0.5) is 0 Å². The fourth-order valence-electron chi connectivity index (χ4n) is 2.35. The summed E-state index contributed by atoms with van der Waals surface area (Å²) in [6.45, 7) is 3.71. The zero-order chi connectivity index (χ0) is 19.5. The van der Waals surface area contributed by atoms with Crippen LogP contribution in [0.5, 0.6) is 17.2 Å². The smallest absolute Gasteiger partial charge is 0.271 e. The molecule has 0 saturated carbocycles. The maximum atomic E-state index is 11.6. The van der Waals surface area contributed by atoms with Crippen LogP contribution in [0, 0.1) is 0 Å². The lowest BCUT2D eigenvalue weighted by Gasteiger charge is -2.20. The Morgan fingerprint density at radius 1 is 1.31 bits per heavy atom. The summed E-state index contributed by atoms with van der Waals surface area (Å²) in [5.41, 5.74) is 4.95. The monoisotopic (exact) mass is 381 g/mol. The number of primary amides is 1. The van der Waals surface area contributed by atoms with Crippen molar-refractivity contribution >= 4 is 17.2 Å². The van der Waals surface area contributed by atoms with E-state index in [0.29, 0.717) is 25.0 Å². The van der Waals surface area contributed by atoms with Crippen molar-refractivity contribution in [2.45, 2.75) is 38.7 Å². The van der Waals surface area contributed by atoms with Gasteiger partial charge in [-0.3, -0.25) is 4.79 Å². The van der Waals surface area contributed by atoms with Crippen LogP contribution in [-0.2, 0) is 6.42 Å². The minimum absolute atomic E-state index is 0.0326. The summed E-state index contributed by atoms with van der Waals surface area (Å²) in [4.78, 5) is 20.2. The van der Waals surface area contributed by atoms with Gasteiger partial charge in [0, 0.05) is 11.8 Å². The Bertz CT molecular complexity index is 804. The Hall–Kier alpha value is -2.39. The van der Waals surface area contributed by atoms with Gasteiger partial charge in [0.05, 0.1) is 24.8 Å². The molecule has 0 aromatic carbocycles. The average molecular weight is 381 g/mol. The van der Waals surface area contributed by atoms with Crippen molar-refractivity contribution in [2.24, 2.45) is 5.73 Å². The number of methoxy groups -OCH3 is 2. The molecular weight excluding hydrogens is 358 g/mol. The molecule has 0 aliphatic rings. The lowest BCUT2D eigenvalue weighted by molar-refractivity contribution is 0.0473. The molecule has 0 spiro atoms. The molecule has 0 aliphatic heterocycles. The van der Waals surface area contributed by atoms with Crippen molar-refractivity contribution < 1.29 is 24.5 Å². The van der Waals surface area contributed by atoms with Gasteiger partial charge in [0.2, 0.25) is 5.75 Å². The van der Waals surface area contributed by atoms with E-state index < -0.39 is 17.3 Å². The molecule has 8 nitrogen and oxygen atoms in total. The topological polar surface area (TPSA) is 128 Å². The zero-order valence-corrected chi connectivity index (χ0v) is 16.0. The van der Waals surface area contributed by atoms with Crippen LogP contribution in [0.15, 0.2) is 5.38 Å². The van der Waals surface area contributed by atoms with Crippen molar-refractivity contribution in [3.05, 3.63) is 16.1 Å². The highest BCUT2D eigenvalue weighted by Crippen LogP contribution is 2.44. The normalized spacial score (nSPS) is 13.3. The van der Waals surface area contributed by atoms with Gasteiger partial charge in [0.15, 0.2) is 17.2 Å². The summed E-state index contributed by atoms with van der Waals surface area (Å²) in [5, 5.41) is 22.8. The highest BCUT2D eigenvalue weighted by atomic mass is 32.1. The highest BCUT2D eigenvalue weighted by molar-refractivity contribution is 7.09. The second-order valence-electron chi connectivity index (χ2n) is 6.07. The number of nitrogens with two attached hydrogens (primary N) is 1. The van der Waals surface area contributed by atoms with Gasteiger partial charge in [-0.25, -0.2) is 9.97 Å². The van der Waals surface area contributed by atoms with Gasteiger partial charge in [-0.05, 0) is 19.8 Å². The molecule has 0 saturated heterocycles. The third kappa shape index (κ3) is 4.05. The molecular formula is C17H23N3O5S. The molecule has 0 unspecified atom stereocenters. The number of ether oxygens (including phenoxy) is 2. The molecule has 2 aromatic heterocycles. The van der Waals surface area contributed by atoms with Crippen LogP contribution in [0.1, 0.15) is 42.2 Å². The second-order valence-corrected chi connectivity index (χ2v) is 7.01. The zero-order valence-electron chi connectivity index (χ0n) is 15.2. The van der Waals surface area contributed by atoms with Gasteiger partial charge in [-0.2, -0.15) is 0 Å². The SMILES string of the molecule is CC[C@@](C)(O)CCc1nc(-c2nc(C(N)=O)c(O)c(OC)c2OC)cs1. The molecule has 142 valence electrons. The van der Waals surface area contributed by atoms with E-state index in [1.807, 2.05) is 6.92 Å². The first-order valence-corrected chi connectivity index (χ1v) is 8.94. The molecule has 2 heterocycles. The summed E-state index contributed by atoms with van der Waals surface area (Å²) in [5.74, 6) is -1.24. The number of hydrogen-bond donors (Lipinski definition) is 3. The molecule has 9 heteroatoms. The summed E-state index contributed by atoms with van der Waals surface area (Å²) >= 11 is 1.41. The molecule has 0 radical (unpaired) electrons. The molecule has 4 N–H and O–H groups in total. The fourth-order valence-corrected chi connectivity index (χ4v) is 3.13. The highest BCUT2D eigenvalue weighted by Gasteiger charge is 2.26. The molecule has 1 amide bonds. The maximum Gasteiger partial charge on any atom is 0.271 e. The van der Waals surface area contributed by atoms with E-state index in [9.17, 15) is 15.0 Å². The van der Waals surface area contributed by atoms with E-state index in [4.69, 9.17) is 15.2 Å². The molecule has 1 atom stereocenters. The van der Waals surface area contributed by atoms with E-state index in [1.54, 1.807) is 12.3 Å². The van der Waals surface area contributed by atoms with E-state index in [2.05, 4.69) is 9.97 Å². The Labute approximate surface area is 155 Å². The number of nitrogens with zero attached hydrogens (tertiary/aromatic N) is 2. The first-order chi connectivity index (χ1) is 12.2. The minimum Gasteiger partial charge on any atom is -0.503 e. The molecule has 2 rings (SSSR count). The van der Waals surface area contributed by atoms with Crippen LogP contribution >= 0.6 is 11.3 Å². The molecule has 0 bridgehead atoms. The van der Waals surface area contributed by atoms with Gasteiger partial charge >= 0.3 is 0 Å². The predicted octanol–water partition coefficient (Wildman–Crippen LogP) is 2.12. The summed E-state index contributed by atoms with van der Waals surface area (Å²) < 4.78 is 10.5. The third-order valence-corrected chi connectivity index (χ3v) is 5.07. The molecule has 0 fully saturated rings. The lowest BCUT2D eigenvalue weighted by Crippen LogP contribution is -2.23. The van der Waals surface area contributed by atoms with Gasteiger partial charge in [0.25, 0.3) is 5.91 Å². The third-order valence-electron chi connectivity index (χ3n) is 4.16. The lowest BCUT2D eigenvalue weighted by atomic mass is 9.98. The van der Waals surface area contributed by atoms with Crippen molar-refractivity contribution in [2.75, 3.05) is 14.2 Å². The summed E-state index contributed by atoms with van der Waals surface area (Å²) in [6.07, 6.45) is 1.83. The standard InChI is InChI=1S/C17H23N3O5S/c1-5-17(2,23)7-6-10-19-9(8-26-10)11-14(24-3)15(25-4)13(21)12(20-11)16(18)22/h8,21,23H,5-7H2,1-4H3,(H2,18,22)/t17-/m1/s1. The number of aliphatic hydroxyl groups is 1. The number of pyridine rings is 1. The first kappa shape index (κ1) is 19.9. The average Bonchev–Trinajstić information content (AvgIpc) is 3.08. The molecule has 26 heavy (non-hydrogen) atoms. The van der Waals surface area contributed by atoms with Crippen molar-refractivity contribution in [3.63, 3.8) is 0 Å². The van der Waals surface area contributed by atoms with Crippen LogP contribution < -0.4 is 15.2 Å². The Balaban J connectivity index is 2.45. The second kappa shape index (κ2) is 7.88. The minimum atomic E-state index is -0.890. The van der Waals surface area contributed by atoms with Crippen molar-refractivity contribution in [1.29, 1.82) is 0 Å². The van der Waals surface area contributed by atoms with Gasteiger partial charge in [-0.1, -0.05) is 6.92 Å². The van der Waals surface area contributed by atoms with E-state index >= 15 is 0 Å².